The summed E-state index contributed by atoms with van der Waals surface area (Å²) in [6.45, 7) is 2.37. The zero-order valence-corrected chi connectivity index (χ0v) is 9.41. The summed E-state index contributed by atoms with van der Waals surface area (Å²) in [4.78, 5) is 0. The fourth-order valence-electron chi connectivity index (χ4n) is 3.40. The van der Waals surface area contributed by atoms with Crippen molar-refractivity contribution >= 4 is 0 Å². The highest BCUT2D eigenvalue weighted by Gasteiger charge is 2.32. The largest absolute Gasteiger partial charge is 0.393 e. The topological polar surface area (TPSA) is 20.2 Å². The molecule has 0 saturated heterocycles. The number of aliphatic hydroxyl groups is 1. The average molecular weight is 196 g/mol. The summed E-state index contributed by atoms with van der Waals surface area (Å²) >= 11 is 0. The molecule has 0 aromatic heterocycles. The number of hydrogen-bond donors (Lipinski definition) is 1. The third-order valence-corrected chi connectivity index (χ3v) is 4.45. The van der Waals surface area contributed by atoms with Crippen molar-refractivity contribution in [2.24, 2.45) is 17.8 Å². The van der Waals surface area contributed by atoms with Crippen molar-refractivity contribution in [1.82, 2.24) is 0 Å². The molecule has 14 heavy (non-hydrogen) atoms. The van der Waals surface area contributed by atoms with Crippen LogP contribution in [0, 0.1) is 17.8 Å². The summed E-state index contributed by atoms with van der Waals surface area (Å²) in [6, 6.07) is 0. The first kappa shape index (κ1) is 10.5. The molecule has 0 bridgehead atoms. The third-order valence-electron chi connectivity index (χ3n) is 4.45. The number of rotatable bonds is 1. The van der Waals surface area contributed by atoms with Gasteiger partial charge in [0.15, 0.2) is 0 Å². The zero-order valence-electron chi connectivity index (χ0n) is 9.41. The Kier molecular flexibility index (Phi) is 3.48. The molecule has 0 aromatic rings. The van der Waals surface area contributed by atoms with Gasteiger partial charge in [0.25, 0.3) is 0 Å². The van der Waals surface area contributed by atoms with Crippen LogP contribution in [-0.4, -0.2) is 11.2 Å². The molecule has 0 amide bonds. The molecule has 0 heterocycles. The van der Waals surface area contributed by atoms with E-state index in [1.807, 2.05) is 0 Å². The van der Waals surface area contributed by atoms with Crippen molar-refractivity contribution < 1.29 is 5.11 Å². The molecule has 2 aliphatic rings. The molecule has 0 aliphatic heterocycles. The lowest BCUT2D eigenvalue weighted by molar-refractivity contribution is 0.0215. The van der Waals surface area contributed by atoms with Gasteiger partial charge < -0.3 is 5.11 Å². The molecule has 1 nitrogen and oxygen atoms in total. The van der Waals surface area contributed by atoms with Crippen LogP contribution in [0.1, 0.15) is 58.3 Å². The molecule has 2 aliphatic carbocycles. The molecule has 82 valence electrons. The Morgan fingerprint density at radius 2 is 1.50 bits per heavy atom. The van der Waals surface area contributed by atoms with E-state index in [1.165, 1.54) is 44.9 Å². The molecule has 2 atom stereocenters. The monoisotopic (exact) mass is 196 g/mol. The van der Waals surface area contributed by atoms with E-state index in [2.05, 4.69) is 6.92 Å². The predicted octanol–water partition coefficient (Wildman–Crippen LogP) is 3.36. The van der Waals surface area contributed by atoms with Crippen molar-refractivity contribution in [1.29, 1.82) is 0 Å². The standard InChI is InChI=1S/C13H24O/c1-10-6-8-11(9-7-10)12-4-2-3-5-13(12)14/h10-14H,2-9H2,1H3/t10?,11?,12-,13-/m0/s1. The number of aliphatic hydroxyl groups excluding tert-OH is 1. The highest BCUT2D eigenvalue weighted by atomic mass is 16.3. The first-order chi connectivity index (χ1) is 6.77. The van der Waals surface area contributed by atoms with Crippen molar-refractivity contribution in [3.05, 3.63) is 0 Å². The minimum Gasteiger partial charge on any atom is -0.393 e. The van der Waals surface area contributed by atoms with Gasteiger partial charge in [-0.15, -0.1) is 0 Å². The van der Waals surface area contributed by atoms with Crippen molar-refractivity contribution in [2.45, 2.75) is 64.4 Å². The first-order valence-electron chi connectivity index (χ1n) is 6.45. The van der Waals surface area contributed by atoms with Crippen molar-refractivity contribution in [3.8, 4) is 0 Å². The lowest BCUT2D eigenvalue weighted by Gasteiger charge is -2.37. The predicted molar refractivity (Wildman–Crippen MR) is 59.1 cm³/mol. The molecule has 1 heteroatoms. The quantitative estimate of drug-likeness (QED) is 0.682. The molecule has 0 spiro atoms. The summed E-state index contributed by atoms with van der Waals surface area (Å²) in [5, 5.41) is 9.99. The molecule has 2 saturated carbocycles. The zero-order chi connectivity index (χ0) is 9.97. The van der Waals surface area contributed by atoms with Gasteiger partial charge >= 0.3 is 0 Å². The Morgan fingerprint density at radius 1 is 0.857 bits per heavy atom. The highest BCUT2D eigenvalue weighted by molar-refractivity contribution is 4.83. The van der Waals surface area contributed by atoms with E-state index in [1.54, 1.807) is 0 Å². The third kappa shape index (κ3) is 2.31. The minimum absolute atomic E-state index is 0.0298. The summed E-state index contributed by atoms with van der Waals surface area (Å²) < 4.78 is 0. The van der Waals surface area contributed by atoms with Gasteiger partial charge in [-0.2, -0.15) is 0 Å². The molecule has 1 N–H and O–H groups in total. The summed E-state index contributed by atoms with van der Waals surface area (Å²) in [7, 11) is 0. The van der Waals surface area contributed by atoms with Gasteiger partial charge in [0.05, 0.1) is 6.10 Å². The van der Waals surface area contributed by atoms with Crippen LogP contribution >= 0.6 is 0 Å². The van der Waals surface area contributed by atoms with Gasteiger partial charge in [0.1, 0.15) is 0 Å². The Morgan fingerprint density at radius 3 is 2.14 bits per heavy atom. The van der Waals surface area contributed by atoms with Gasteiger partial charge in [-0.3, -0.25) is 0 Å². The maximum Gasteiger partial charge on any atom is 0.0571 e. The van der Waals surface area contributed by atoms with Gasteiger partial charge in [-0.05, 0) is 43.4 Å². The average Bonchev–Trinajstić information content (AvgIpc) is 2.20. The van der Waals surface area contributed by atoms with Crippen molar-refractivity contribution in [3.63, 3.8) is 0 Å². The van der Waals surface area contributed by atoms with Gasteiger partial charge in [0, 0.05) is 0 Å². The maximum atomic E-state index is 9.99. The van der Waals surface area contributed by atoms with E-state index in [0.29, 0.717) is 5.92 Å². The molecular weight excluding hydrogens is 172 g/mol. The Balaban J connectivity index is 1.87. The van der Waals surface area contributed by atoms with Crippen LogP contribution < -0.4 is 0 Å². The maximum absolute atomic E-state index is 9.99. The Bertz CT molecular complexity index is 170. The second-order valence-electron chi connectivity index (χ2n) is 5.54. The van der Waals surface area contributed by atoms with E-state index in [4.69, 9.17) is 0 Å². The van der Waals surface area contributed by atoms with Crippen LogP contribution in [-0.2, 0) is 0 Å². The first-order valence-corrected chi connectivity index (χ1v) is 6.45. The Labute approximate surface area is 87.9 Å². The second kappa shape index (κ2) is 4.65. The second-order valence-corrected chi connectivity index (χ2v) is 5.54. The number of hydrogen-bond acceptors (Lipinski definition) is 1. The van der Waals surface area contributed by atoms with E-state index in [-0.39, 0.29) is 6.10 Å². The van der Waals surface area contributed by atoms with Crippen LogP contribution in [0.25, 0.3) is 0 Å². The fraction of sp³-hybridized carbons (Fsp3) is 1.00. The summed E-state index contributed by atoms with van der Waals surface area (Å²) in [6.07, 6.45) is 10.5. The molecule has 0 aromatic carbocycles. The van der Waals surface area contributed by atoms with Gasteiger partial charge in [0.2, 0.25) is 0 Å². The van der Waals surface area contributed by atoms with Crippen LogP contribution in [0.2, 0.25) is 0 Å². The van der Waals surface area contributed by atoms with Crippen LogP contribution in [0.15, 0.2) is 0 Å². The lowest BCUT2D eigenvalue weighted by atomic mass is 9.70. The van der Waals surface area contributed by atoms with Crippen LogP contribution in [0.4, 0.5) is 0 Å². The molecule has 2 rings (SSSR count). The van der Waals surface area contributed by atoms with Crippen LogP contribution in [0.5, 0.6) is 0 Å². The van der Waals surface area contributed by atoms with Crippen molar-refractivity contribution in [2.75, 3.05) is 0 Å². The lowest BCUT2D eigenvalue weighted by Crippen LogP contribution is -2.33. The molecule has 2 fully saturated rings. The van der Waals surface area contributed by atoms with E-state index in [9.17, 15) is 5.11 Å². The van der Waals surface area contributed by atoms with Gasteiger partial charge in [-0.1, -0.05) is 32.6 Å². The van der Waals surface area contributed by atoms with E-state index < -0.39 is 0 Å². The summed E-state index contributed by atoms with van der Waals surface area (Å²) in [5.41, 5.74) is 0. The fourth-order valence-corrected chi connectivity index (χ4v) is 3.40. The Hall–Kier alpha value is -0.0400. The SMILES string of the molecule is CC1CCC([C@@H]2CCCC[C@@H]2O)CC1. The molecule has 0 radical (unpaired) electrons. The normalized spacial score (nSPS) is 45.0. The molecule has 0 unspecified atom stereocenters. The van der Waals surface area contributed by atoms with E-state index in [0.717, 1.165) is 18.3 Å². The highest BCUT2D eigenvalue weighted by Crippen LogP contribution is 2.39. The van der Waals surface area contributed by atoms with Gasteiger partial charge in [-0.25, -0.2) is 0 Å². The van der Waals surface area contributed by atoms with E-state index >= 15 is 0 Å². The smallest absolute Gasteiger partial charge is 0.0571 e. The van der Waals surface area contributed by atoms with Crippen LogP contribution in [0.3, 0.4) is 0 Å². The summed E-state index contributed by atoms with van der Waals surface area (Å²) in [5.74, 6) is 2.43. The minimum atomic E-state index is 0.0298. The molecular formula is C13H24O.